The molecule has 0 amide bonds. The van der Waals surface area contributed by atoms with Crippen molar-refractivity contribution in [2.24, 2.45) is 0 Å². The quantitative estimate of drug-likeness (QED) is 0.165. The monoisotopic (exact) mass is 662 g/mol. The van der Waals surface area contributed by atoms with Gasteiger partial charge >= 0.3 is 0 Å². The molecule has 1 aromatic heterocycles. The van der Waals surface area contributed by atoms with Gasteiger partial charge in [0.1, 0.15) is 0 Å². The minimum Gasteiger partial charge on any atom is -0.135 e. The first-order valence-corrected chi connectivity index (χ1v) is 18.4. The summed E-state index contributed by atoms with van der Waals surface area (Å²) < 4.78 is 2.69. The van der Waals surface area contributed by atoms with Crippen LogP contribution >= 0.6 is 11.3 Å². The van der Waals surface area contributed by atoms with Crippen LogP contribution in [0.5, 0.6) is 0 Å². The standard InChI is InChI=1S/C50H30S/c1-2-11-32(12-3-1)48-41-14-6-8-16-43(41)49(44-17-9-7-15-42(44)48)38-23-22-34-26-33(18-19-35(34)27-38)36-20-21-37-29-45-47(30-39(37)28-36)51-46-25-24-31-10-4-5-13-40(31)50(45)46/h1-30H. The Hall–Kier alpha value is -6.28. The van der Waals surface area contributed by atoms with E-state index in [4.69, 9.17) is 0 Å². The highest BCUT2D eigenvalue weighted by Crippen LogP contribution is 2.45. The average Bonchev–Trinajstić information content (AvgIpc) is 3.56. The Morgan fingerprint density at radius 1 is 0.255 bits per heavy atom. The van der Waals surface area contributed by atoms with Gasteiger partial charge in [0.25, 0.3) is 0 Å². The van der Waals surface area contributed by atoms with Crippen molar-refractivity contribution in [3.8, 4) is 33.4 Å². The van der Waals surface area contributed by atoms with Crippen molar-refractivity contribution in [1.82, 2.24) is 0 Å². The van der Waals surface area contributed by atoms with Crippen LogP contribution in [0.25, 0.3) is 107 Å². The molecule has 0 saturated heterocycles. The summed E-state index contributed by atoms with van der Waals surface area (Å²) in [4.78, 5) is 0. The van der Waals surface area contributed by atoms with E-state index in [2.05, 4.69) is 182 Å². The lowest BCUT2D eigenvalue weighted by molar-refractivity contribution is 1.66. The molecule has 0 unspecified atom stereocenters. The highest BCUT2D eigenvalue weighted by atomic mass is 32.1. The second kappa shape index (κ2) is 11.1. The van der Waals surface area contributed by atoms with Gasteiger partial charge in [0.05, 0.1) is 0 Å². The fourth-order valence-corrected chi connectivity index (χ4v) is 9.56. The zero-order valence-electron chi connectivity index (χ0n) is 27.7. The molecule has 11 rings (SSSR count). The Bertz CT molecular complexity index is 3130. The van der Waals surface area contributed by atoms with E-state index in [1.807, 2.05) is 11.3 Å². The Kier molecular flexibility index (Phi) is 6.22. The lowest BCUT2D eigenvalue weighted by Crippen LogP contribution is -1.90. The normalized spacial score (nSPS) is 11.9. The molecule has 0 spiro atoms. The Balaban J connectivity index is 1.03. The van der Waals surface area contributed by atoms with Crippen LogP contribution in [-0.4, -0.2) is 0 Å². The Morgan fingerprint density at radius 3 is 1.41 bits per heavy atom. The first kappa shape index (κ1) is 28.5. The molecule has 0 fully saturated rings. The van der Waals surface area contributed by atoms with E-state index in [0.717, 1.165) is 0 Å². The van der Waals surface area contributed by atoms with Crippen molar-refractivity contribution in [2.75, 3.05) is 0 Å². The third-order valence-corrected chi connectivity index (χ3v) is 11.9. The third-order valence-electron chi connectivity index (χ3n) is 10.8. The van der Waals surface area contributed by atoms with Gasteiger partial charge in [-0.25, -0.2) is 0 Å². The maximum Gasteiger partial charge on any atom is 0.0362 e. The molecule has 0 radical (unpaired) electrons. The summed E-state index contributed by atoms with van der Waals surface area (Å²) >= 11 is 1.89. The molecule has 0 atom stereocenters. The molecule has 51 heavy (non-hydrogen) atoms. The number of hydrogen-bond donors (Lipinski definition) is 0. The molecule has 0 nitrogen and oxygen atoms in total. The van der Waals surface area contributed by atoms with Crippen molar-refractivity contribution < 1.29 is 0 Å². The summed E-state index contributed by atoms with van der Waals surface area (Å²) in [5.41, 5.74) is 7.57. The van der Waals surface area contributed by atoms with E-state index in [9.17, 15) is 0 Å². The molecule has 0 aliphatic heterocycles. The number of benzene rings is 10. The van der Waals surface area contributed by atoms with Crippen LogP contribution in [0, 0.1) is 0 Å². The highest BCUT2D eigenvalue weighted by molar-refractivity contribution is 7.26. The number of fused-ring (bicyclic) bond motifs is 9. The second-order valence-corrected chi connectivity index (χ2v) is 14.7. The molecule has 0 aliphatic rings. The summed E-state index contributed by atoms with van der Waals surface area (Å²) in [6.45, 7) is 0. The highest BCUT2D eigenvalue weighted by Gasteiger charge is 2.17. The predicted octanol–water partition coefficient (Wildman–Crippen LogP) is 14.8. The van der Waals surface area contributed by atoms with Gasteiger partial charge in [-0.2, -0.15) is 0 Å². The van der Waals surface area contributed by atoms with E-state index in [0.29, 0.717) is 0 Å². The number of hydrogen-bond acceptors (Lipinski definition) is 1. The minimum absolute atomic E-state index is 1.24. The zero-order valence-corrected chi connectivity index (χ0v) is 28.5. The van der Waals surface area contributed by atoms with Crippen molar-refractivity contribution in [3.05, 3.63) is 182 Å². The fraction of sp³-hybridized carbons (Fsp3) is 0. The van der Waals surface area contributed by atoms with Gasteiger partial charge in [-0.15, -0.1) is 11.3 Å². The Labute approximate surface area is 299 Å². The molecule has 1 heterocycles. The predicted molar refractivity (Wildman–Crippen MR) is 223 cm³/mol. The molecule has 0 aliphatic carbocycles. The van der Waals surface area contributed by atoms with Crippen LogP contribution in [0.2, 0.25) is 0 Å². The summed E-state index contributed by atoms with van der Waals surface area (Å²) in [5, 5.41) is 15.5. The summed E-state index contributed by atoms with van der Waals surface area (Å²) in [5.74, 6) is 0. The molecule has 1 heteroatoms. The summed E-state index contributed by atoms with van der Waals surface area (Å²) in [6.07, 6.45) is 0. The average molecular weight is 663 g/mol. The zero-order chi connectivity index (χ0) is 33.5. The first-order chi connectivity index (χ1) is 25.3. The van der Waals surface area contributed by atoms with Crippen molar-refractivity contribution in [1.29, 1.82) is 0 Å². The molecule has 10 aromatic carbocycles. The van der Waals surface area contributed by atoms with Gasteiger partial charge < -0.3 is 0 Å². The fourth-order valence-electron chi connectivity index (χ4n) is 8.41. The molecule has 236 valence electrons. The van der Waals surface area contributed by atoms with Crippen molar-refractivity contribution in [3.63, 3.8) is 0 Å². The van der Waals surface area contributed by atoms with E-state index >= 15 is 0 Å². The van der Waals surface area contributed by atoms with Gasteiger partial charge in [-0.1, -0.05) is 146 Å². The number of thiophene rings is 1. The van der Waals surface area contributed by atoms with Gasteiger partial charge in [0, 0.05) is 20.2 Å². The molecule has 0 N–H and O–H groups in total. The Morgan fingerprint density at radius 2 is 0.745 bits per heavy atom. The summed E-state index contributed by atoms with van der Waals surface area (Å²) in [6, 6.07) is 67.5. The number of rotatable bonds is 3. The van der Waals surface area contributed by atoms with Gasteiger partial charge in [0.15, 0.2) is 0 Å². The molecule has 0 saturated carbocycles. The maximum absolute atomic E-state index is 2.39. The van der Waals surface area contributed by atoms with Gasteiger partial charge in [-0.3, -0.25) is 0 Å². The van der Waals surface area contributed by atoms with Gasteiger partial charge in [-0.05, 0) is 124 Å². The van der Waals surface area contributed by atoms with Crippen LogP contribution in [0.4, 0.5) is 0 Å². The topological polar surface area (TPSA) is 0 Å². The van der Waals surface area contributed by atoms with E-state index in [1.54, 1.807) is 0 Å². The molecular weight excluding hydrogens is 633 g/mol. The SMILES string of the molecule is c1ccc(-c2c3ccccc3c(-c3ccc4cc(-c5ccc6cc7c(cc6c5)sc5ccc6ccccc6c57)ccc4c3)c3ccccc23)cc1. The van der Waals surface area contributed by atoms with Gasteiger partial charge in [0.2, 0.25) is 0 Å². The van der Waals surface area contributed by atoms with Crippen molar-refractivity contribution in [2.45, 2.75) is 0 Å². The van der Waals surface area contributed by atoms with Crippen LogP contribution in [0.3, 0.4) is 0 Å². The molecular formula is C50H30S. The molecule has 0 bridgehead atoms. The smallest absolute Gasteiger partial charge is 0.0362 e. The van der Waals surface area contributed by atoms with Crippen LogP contribution in [0.1, 0.15) is 0 Å². The van der Waals surface area contributed by atoms with Crippen LogP contribution in [0.15, 0.2) is 182 Å². The largest absolute Gasteiger partial charge is 0.135 e. The lowest BCUT2D eigenvalue weighted by Gasteiger charge is -2.18. The third kappa shape index (κ3) is 4.45. The van der Waals surface area contributed by atoms with Crippen LogP contribution < -0.4 is 0 Å². The maximum atomic E-state index is 2.39. The van der Waals surface area contributed by atoms with Crippen LogP contribution in [-0.2, 0) is 0 Å². The lowest BCUT2D eigenvalue weighted by atomic mass is 9.85. The summed E-state index contributed by atoms with van der Waals surface area (Å²) in [7, 11) is 0. The van der Waals surface area contributed by atoms with E-state index < -0.39 is 0 Å². The van der Waals surface area contributed by atoms with E-state index in [1.165, 1.54) is 107 Å². The first-order valence-electron chi connectivity index (χ1n) is 17.6. The van der Waals surface area contributed by atoms with Crippen molar-refractivity contribution >= 4 is 85.4 Å². The molecule has 11 aromatic rings. The second-order valence-electron chi connectivity index (χ2n) is 13.7. The minimum atomic E-state index is 1.24. The van der Waals surface area contributed by atoms with E-state index in [-0.39, 0.29) is 0 Å².